The monoisotopic (exact) mass is 611 g/mol. The number of ether oxygens (including phenoxy) is 3. The highest BCUT2D eigenvalue weighted by molar-refractivity contribution is 7.52. The number of carbonyl (C=O) groups excluding carboxylic acids is 3. The molecule has 6 atom stereocenters. The van der Waals surface area contributed by atoms with Gasteiger partial charge < -0.3 is 34.1 Å². The van der Waals surface area contributed by atoms with Crippen molar-refractivity contribution in [3.63, 3.8) is 0 Å². The number of rotatable bonds is 12. The lowest BCUT2D eigenvalue weighted by Gasteiger charge is -2.35. The maximum absolute atomic E-state index is 15.7. The molecule has 15 heteroatoms. The average Bonchev–Trinajstić information content (AvgIpc) is 3.14. The van der Waals surface area contributed by atoms with Crippen LogP contribution in [0.3, 0.4) is 0 Å². The van der Waals surface area contributed by atoms with Crippen molar-refractivity contribution in [1.29, 1.82) is 0 Å². The van der Waals surface area contributed by atoms with Gasteiger partial charge in [0.25, 0.3) is 5.91 Å². The number of amides is 1. The highest BCUT2D eigenvalue weighted by atomic mass is 31.2. The fourth-order valence-electron chi connectivity index (χ4n) is 3.95. The molecule has 13 nitrogen and oxygen atoms in total. The molecule has 230 valence electrons. The summed E-state index contributed by atoms with van der Waals surface area (Å²) in [5.74, 6) is -1.64. The van der Waals surface area contributed by atoms with Crippen LogP contribution in [0, 0.1) is 0 Å². The first kappa shape index (κ1) is 33.0. The first-order valence-electron chi connectivity index (χ1n) is 12.9. The molecule has 1 saturated heterocycles. The predicted octanol–water partition coefficient (Wildman–Crippen LogP) is 2.54. The zero-order valence-electron chi connectivity index (χ0n) is 23.8. The van der Waals surface area contributed by atoms with Crippen LogP contribution in [0.4, 0.5) is 4.39 Å². The van der Waals surface area contributed by atoms with E-state index in [9.17, 15) is 24.1 Å². The van der Waals surface area contributed by atoms with Gasteiger partial charge >= 0.3 is 19.7 Å². The lowest BCUT2D eigenvalue weighted by molar-refractivity contribution is -0.149. The van der Waals surface area contributed by atoms with Gasteiger partial charge in [-0.2, -0.15) is 5.09 Å². The number of nitrogens with one attached hydrogen (secondary N) is 2. The van der Waals surface area contributed by atoms with Crippen molar-refractivity contribution in [1.82, 2.24) is 15.3 Å². The minimum Gasteiger partial charge on any atom is -0.466 e. The van der Waals surface area contributed by atoms with E-state index in [1.165, 1.54) is 49.4 Å². The minimum absolute atomic E-state index is 0.0307. The standard InChI is InChI=1S/C27H35FN3O10P/c1-16(2)39-25(35)17(3)30-42(36,41-20-10-7-19(8-11-20)9-12-23(33)37-6)38-15-21-24(34)27(5,28)26(40-21)31-14-13-22(32)29-18(31)4/h7-14,16-17,21,24,26,34H,4,15H2,1-3,5-6H3,(H,29,32)(H,30,36)/b12-9+/t17-,21+,24+,26+,27+,42?/m0/s1. The Balaban J connectivity index is 1.79. The normalized spacial score (nSPS) is 26.2. The van der Waals surface area contributed by atoms with Crippen LogP contribution in [-0.4, -0.2) is 77.8 Å². The molecule has 2 heterocycles. The molecule has 42 heavy (non-hydrogen) atoms. The van der Waals surface area contributed by atoms with E-state index in [0.717, 1.165) is 13.0 Å². The summed E-state index contributed by atoms with van der Waals surface area (Å²) in [5.41, 5.74) is -1.77. The molecule has 2 aliphatic heterocycles. The minimum atomic E-state index is -4.40. The van der Waals surface area contributed by atoms with Crippen LogP contribution in [0.2, 0.25) is 0 Å². The number of carbonyl (C=O) groups is 3. The fraction of sp³-hybridized carbons (Fsp3) is 0.444. The Morgan fingerprint density at radius 1 is 1.31 bits per heavy atom. The maximum Gasteiger partial charge on any atom is 0.459 e. The number of alkyl halides is 1. The smallest absolute Gasteiger partial charge is 0.459 e. The number of hydrogen-bond donors (Lipinski definition) is 3. The van der Waals surface area contributed by atoms with E-state index in [2.05, 4.69) is 21.7 Å². The Hall–Kier alpha value is -3.55. The second kappa shape index (κ2) is 13.6. The predicted molar refractivity (Wildman–Crippen MR) is 148 cm³/mol. The number of halogens is 1. The molecule has 0 aliphatic carbocycles. The summed E-state index contributed by atoms with van der Waals surface area (Å²) in [7, 11) is -3.15. The van der Waals surface area contributed by atoms with Gasteiger partial charge in [0.05, 0.1) is 19.8 Å². The van der Waals surface area contributed by atoms with E-state index in [1.807, 2.05) is 0 Å². The number of aliphatic hydroxyl groups is 1. The van der Waals surface area contributed by atoms with Crippen LogP contribution < -0.4 is 14.9 Å². The van der Waals surface area contributed by atoms with Gasteiger partial charge in [-0.3, -0.25) is 14.1 Å². The van der Waals surface area contributed by atoms with Crippen molar-refractivity contribution < 1.29 is 51.7 Å². The summed E-state index contributed by atoms with van der Waals surface area (Å²) in [6.45, 7) is 8.85. The lowest BCUT2D eigenvalue weighted by atomic mass is 9.98. The van der Waals surface area contributed by atoms with Crippen molar-refractivity contribution in [2.45, 2.75) is 63.9 Å². The van der Waals surface area contributed by atoms with E-state index in [0.29, 0.717) is 5.56 Å². The van der Waals surface area contributed by atoms with Crippen LogP contribution in [0.5, 0.6) is 5.75 Å². The maximum atomic E-state index is 15.7. The number of methoxy groups -OCH3 is 1. The van der Waals surface area contributed by atoms with Crippen molar-refractivity contribution in [3.05, 3.63) is 60.6 Å². The molecule has 3 N–H and O–H groups in total. The quantitative estimate of drug-likeness (QED) is 0.180. The van der Waals surface area contributed by atoms with E-state index in [-0.39, 0.29) is 11.6 Å². The van der Waals surface area contributed by atoms with Crippen LogP contribution in [0.1, 0.15) is 33.3 Å². The molecule has 0 spiro atoms. The van der Waals surface area contributed by atoms with E-state index < -0.39 is 68.4 Å². The Kier molecular flexibility index (Phi) is 10.7. The van der Waals surface area contributed by atoms with Gasteiger partial charge in [-0.1, -0.05) is 18.7 Å². The summed E-state index contributed by atoms with van der Waals surface area (Å²) in [4.78, 5) is 36.5. The van der Waals surface area contributed by atoms with Crippen molar-refractivity contribution >= 4 is 31.7 Å². The van der Waals surface area contributed by atoms with Gasteiger partial charge in [-0.15, -0.1) is 0 Å². The number of aliphatic hydroxyl groups excluding tert-OH is 1. The zero-order chi connectivity index (χ0) is 31.2. The zero-order valence-corrected chi connectivity index (χ0v) is 24.7. The Morgan fingerprint density at radius 3 is 2.57 bits per heavy atom. The highest BCUT2D eigenvalue weighted by Gasteiger charge is 2.57. The molecule has 2 aliphatic rings. The van der Waals surface area contributed by atoms with Gasteiger partial charge in [0.15, 0.2) is 11.9 Å². The summed E-state index contributed by atoms with van der Waals surface area (Å²) in [6, 6.07) is 4.88. The van der Waals surface area contributed by atoms with Gasteiger partial charge in [0.2, 0.25) is 0 Å². The van der Waals surface area contributed by atoms with Gasteiger partial charge in [0.1, 0.15) is 29.8 Å². The second-order valence-electron chi connectivity index (χ2n) is 9.93. The molecular formula is C27H35FN3O10P. The molecule has 1 unspecified atom stereocenters. The molecule has 0 radical (unpaired) electrons. The van der Waals surface area contributed by atoms with Crippen molar-refractivity contribution in [2.24, 2.45) is 0 Å². The summed E-state index contributed by atoms with van der Waals surface area (Å²) >= 11 is 0. The first-order valence-corrected chi connectivity index (χ1v) is 14.5. The molecule has 1 fully saturated rings. The van der Waals surface area contributed by atoms with Crippen molar-refractivity contribution in [3.8, 4) is 5.75 Å². The molecule has 0 aromatic heterocycles. The Morgan fingerprint density at radius 2 is 1.98 bits per heavy atom. The SMILES string of the molecule is C=C1NC(=O)C=CN1[C@@H]1O[C@H](COP(=O)(N[C@@H](C)C(=O)OC(C)C)Oc2ccc(/C=C/C(=O)OC)cc2)[C@@H](O)[C@@]1(C)F. The molecule has 1 aromatic carbocycles. The summed E-state index contributed by atoms with van der Waals surface area (Å²) in [6.07, 6.45) is 0.169. The Labute approximate surface area is 242 Å². The number of esters is 2. The first-order chi connectivity index (χ1) is 19.6. The van der Waals surface area contributed by atoms with E-state index in [1.54, 1.807) is 26.0 Å². The Bertz CT molecular complexity index is 1280. The fourth-order valence-corrected chi connectivity index (χ4v) is 5.46. The largest absolute Gasteiger partial charge is 0.466 e. The van der Waals surface area contributed by atoms with Crippen LogP contribution >= 0.6 is 7.75 Å². The van der Waals surface area contributed by atoms with Crippen LogP contribution in [-0.2, 0) is 37.7 Å². The average molecular weight is 612 g/mol. The van der Waals surface area contributed by atoms with E-state index in [4.69, 9.17) is 18.5 Å². The third-order valence-corrected chi connectivity index (χ3v) is 7.76. The van der Waals surface area contributed by atoms with Crippen molar-refractivity contribution in [2.75, 3.05) is 13.7 Å². The number of benzene rings is 1. The van der Waals surface area contributed by atoms with Crippen LogP contribution in [0.15, 0.2) is 55.0 Å². The highest BCUT2D eigenvalue weighted by Crippen LogP contribution is 2.47. The van der Waals surface area contributed by atoms with Gasteiger partial charge in [-0.05, 0) is 51.5 Å². The molecule has 1 aromatic rings. The number of hydrogen-bond acceptors (Lipinski definition) is 11. The summed E-state index contributed by atoms with van der Waals surface area (Å²) in [5, 5.41) is 15.7. The topological polar surface area (TPSA) is 162 Å². The van der Waals surface area contributed by atoms with Gasteiger partial charge in [-0.25, -0.2) is 13.8 Å². The van der Waals surface area contributed by atoms with E-state index >= 15 is 4.39 Å². The third-order valence-electron chi connectivity index (χ3n) is 6.12. The molecule has 1 amide bonds. The van der Waals surface area contributed by atoms with Crippen LogP contribution in [0.25, 0.3) is 6.08 Å². The molecule has 0 bridgehead atoms. The number of nitrogens with zero attached hydrogens (tertiary/aromatic N) is 1. The molecular weight excluding hydrogens is 576 g/mol. The summed E-state index contributed by atoms with van der Waals surface area (Å²) < 4.78 is 56.2. The third kappa shape index (κ3) is 8.26. The second-order valence-corrected chi connectivity index (χ2v) is 11.6. The molecule has 3 rings (SSSR count). The lowest BCUT2D eigenvalue weighted by Crippen LogP contribution is -2.51. The molecule has 0 saturated carbocycles. The van der Waals surface area contributed by atoms with Gasteiger partial charge in [0, 0.05) is 18.4 Å².